The third-order valence-corrected chi connectivity index (χ3v) is 2.87. The number of carbonyl (C=O) groups is 2. The number of allylic oxidation sites excluding steroid dienone is 2. The first-order chi connectivity index (χ1) is 5.36. The number of carbonyl (C=O) groups excluding carboxylic acids is 2. The van der Waals surface area contributed by atoms with Gasteiger partial charge in [0, 0.05) is 11.5 Å². The molecule has 0 saturated heterocycles. The van der Waals surface area contributed by atoms with Crippen molar-refractivity contribution in [1.29, 1.82) is 0 Å². The van der Waals surface area contributed by atoms with Gasteiger partial charge < -0.3 is 4.79 Å². The lowest BCUT2D eigenvalue weighted by Gasteiger charge is -2.14. The van der Waals surface area contributed by atoms with Crippen LogP contribution in [0.25, 0.3) is 0 Å². The first-order valence-corrected chi connectivity index (χ1v) is 3.99. The van der Waals surface area contributed by atoms with Crippen molar-refractivity contribution in [1.82, 2.24) is 0 Å². The summed E-state index contributed by atoms with van der Waals surface area (Å²) in [6.45, 7) is 0. The average Bonchev–Trinajstić information content (AvgIpc) is 2.60. The van der Waals surface area contributed by atoms with E-state index in [-0.39, 0.29) is 5.92 Å². The highest BCUT2D eigenvalue weighted by Gasteiger charge is 2.38. The van der Waals surface area contributed by atoms with Crippen molar-refractivity contribution in [2.75, 3.05) is 0 Å². The Morgan fingerprint density at radius 3 is 2.73 bits per heavy atom. The minimum absolute atomic E-state index is 0.0590. The minimum atomic E-state index is -0.0590. The first-order valence-electron chi connectivity index (χ1n) is 3.99. The van der Waals surface area contributed by atoms with Gasteiger partial charge >= 0.3 is 0 Å². The van der Waals surface area contributed by atoms with Gasteiger partial charge in [-0.15, -0.1) is 0 Å². The molecule has 2 bridgehead atoms. The smallest absolute Gasteiger partial charge is 0.146 e. The summed E-state index contributed by atoms with van der Waals surface area (Å²) in [6, 6.07) is 0. The zero-order valence-corrected chi connectivity index (χ0v) is 6.25. The van der Waals surface area contributed by atoms with Crippen LogP contribution in [0.3, 0.4) is 0 Å². The zero-order chi connectivity index (χ0) is 7.84. The molecule has 0 aromatic rings. The van der Waals surface area contributed by atoms with Crippen LogP contribution >= 0.6 is 0 Å². The van der Waals surface area contributed by atoms with Gasteiger partial charge in [-0.25, -0.2) is 0 Å². The number of hydrogen-bond donors (Lipinski definition) is 0. The predicted octanol–water partition coefficient (Wildman–Crippen LogP) is 1.11. The van der Waals surface area contributed by atoms with Crippen LogP contribution in [0.1, 0.15) is 19.3 Å². The van der Waals surface area contributed by atoms with Crippen LogP contribution in [0.15, 0.2) is 11.1 Å². The summed E-state index contributed by atoms with van der Waals surface area (Å²) in [6.07, 6.45) is 4.95. The number of fused-ring (bicyclic) bond motifs is 2. The fourth-order valence-electron chi connectivity index (χ4n) is 2.28. The predicted molar refractivity (Wildman–Crippen MR) is 40.0 cm³/mol. The molecule has 2 unspecified atom stereocenters. The summed E-state index contributed by atoms with van der Waals surface area (Å²) < 4.78 is 0. The van der Waals surface area contributed by atoms with E-state index >= 15 is 0 Å². The molecule has 2 aliphatic rings. The summed E-state index contributed by atoms with van der Waals surface area (Å²) in [5.74, 6) is 0.402. The summed E-state index contributed by atoms with van der Waals surface area (Å²) >= 11 is 0. The number of aldehydes is 2. The summed E-state index contributed by atoms with van der Waals surface area (Å²) in [5, 5.41) is 0. The molecule has 58 valence electrons. The Morgan fingerprint density at radius 1 is 1.36 bits per heavy atom. The Balaban J connectivity index is 2.37. The first kappa shape index (κ1) is 6.77. The van der Waals surface area contributed by atoms with E-state index in [9.17, 15) is 9.59 Å². The molecule has 0 N–H and O–H groups in total. The maximum Gasteiger partial charge on any atom is 0.146 e. The minimum Gasteiger partial charge on any atom is -0.303 e. The van der Waals surface area contributed by atoms with Crippen molar-refractivity contribution in [3.63, 3.8) is 0 Å². The zero-order valence-electron chi connectivity index (χ0n) is 6.25. The molecule has 11 heavy (non-hydrogen) atoms. The van der Waals surface area contributed by atoms with Crippen LogP contribution in [0.5, 0.6) is 0 Å². The molecule has 0 amide bonds. The molecule has 0 aromatic carbocycles. The summed E-state index contributed by atoms with van der Waals surface area (Å²) in [5.41, 5.74) is 2.03. The molecule has 0 aromatic heterocycles. The average molecular weight is 150 g/mol. The van der Waals surface area contributed by atoms with Crippen molar-refractivity contribution >= 4 is 12.6 Å². The Kier molecular flexibility index (Phi) is 1.41. The van der Waals surface area contributed by atoms with Crippen LogP contribution in [0.2, 0.25) is 0 Å². The largest absolute Gasteiger partial charge is 0.303 e. The van der Waals surface area contributed by atoms with E-state index in [0.717, 1.165) is 37.4 Å². The molecule has 2 rings (SSSR count). The van der Waals surface area contributed by atoms with Crippen molar-refractivity contribution in [3.05, 3.63) is 11.1 Å². The molecular weight excluding hydrogens is 140 g/mol. The van der Waals surface area contributed by atoms with E-state index in [1.807, 2.05) is 0 Å². The highest BCUT2D eigenvalue weighted by Crippen LogP contribution is 2.46. The van der Waals surface area contributed by atoms with Crippen LogP contribution in [0.4, 0.5) is 0 Å². The monoisotopic (exact) mass is 150 g/mol. The molecule has 2 nitrogen and oxygen atoms in total. The molecule has 2 atom stereocenters. The lowest BCUT2D eigenvalue weighted by atomic mass is 9.88. The standard InChI is InChI=1S/C9H10O2/c10-4-8-6-1-2-7(3-6)9(8)5-11/h4-6,8H,1-3H2. The van der Waals surface area contributed by atoms with E-state index in [0.29, 0.717) is 5.92 Å². The Hall–Kier alpha value is -0.920. The molecule has 2 heteroatoms. The van der Waals surface area contributed by atoms with Gasteiger partial charge in [-0.2, -0.15) is 0 Å². The molecule has 2 aliphatic carbocycles. The highest BCUT2D eigenvalue weighted by molar-refractivity contribution is 5.84. The van der Waals surface area contributed by atoms with Gasteiger partial charge in [-0.3, -0.25) is 4.79 Å². The van der Waals surface area contributed by atoms with Gasteiger partial charge in [0.1, 0.15) is 12.6 Å². The third-order valence-electron chi connectivity index (χ3n) is 2.87. The Bertz CT molecular complexity index is 240. The number of rotatable bonds is 2. The maximum absolute atomic E-state index is 10.6. The molecular formula is C9H10O2. The fourth-order valence-corrected chi connectivity index (χ4v) is 2.28. The van der Waals surface area contributed by atoms with Crippen LogP contribution in [0, 0.1) is 11.8 Å². The second-order valence-electron chi connectivity index (χ2n) is 3.34. The molecule has 0 heterocycles. The maximum atomic E-state index is 10.6. The summed E-state index contributed by atoms with van der Waals surface area (Å²) in [7, 11) is 0. The lowest BCUT2D eigenvalue weighted by molar-refractivity contribution is -0.113. The van der Waals surface area contributed by atoms with Gasteiger partial charge in [0.05, 0.1) is 0 Å². The van der Waals surface area contributed by atoms with Crippen LogP contribution in [-0.4, -0.2) is 12.6 Å². The quantitative estimate of drug-likeness (QED) is 0.552. The number of hydrogen-bond acceptors (Lipinski definition) is 2. The van der Waals surface area contributed by atoms with E-state index in [2.05, 4.69) is 0 Å². The van der Waals surface area contributed by atoms with Crippen molar-refractivity contribution in [2.24, 2.45) is 11.8 Å². The molecule has 1 fully saturated rings. The van der Waals surface area contributed by atoms with Gasteiger partial charge in [0.2, 0.25) is 0 Å². The topological polar surface area (TPSA) is 34.1 Å². The van der Waals surface area contributed by atoms with Crippen LogP contribution in [-0.2, 0) is 9.59 Å². The van der Waals surface area contributed by atoms with Crippen molar-refractivity contribution < 1.29 is 9.59 Å². The van der Waals surface area contributed by atoms with E-state index < -0.39 is 0 Å². The van der Waals surface area contributed by atoms with Crippen LogP contribution < -0.4 is 0 Å². The third kappa shape index (κ3) is 0.785. The Labute approximate surface area is 65.3 Å². The second kappa shape index (κ2) is 2.29. The van der Waals surface area contributed by atoms with E-state index in [1.54, 1.807) is 0 Å². The highest BCUT2D eigenvalue weighted by atomic mass is 16.1. The summed E-state index contributed by atoms with van der Waals surface area (Å²) in [4.78, 5) is 21.1. The van der Waals surface area contributed by atoms with Gasteiger partial charge in [0.15, 0.2) is 0 Å². The second-order valence-corrected chi connectivity index (χ2v) is 3.34. The fraction of sp³-hybridized carbons (Fsp3) is 0.556. The molecule has 0 aliphatic heterocycles. The van der Waals surface area contributed by atoms with Gasteiger partial charge in [-0.1, -0.05) is 5.57 Å². The molecule has 0 radical (unpaired) electrons. The normalized spacial score (nSPS) is 34.5. The van der Waals surface area contributed by atoms with E-state index in [4.69, 9.17) is 0 Å². The van der Waals surface area contributed by atoms with E-state index in [1.165, 1.54) is 5.57 Å². The van der Waals surface area contributed by atoms with Gasteiger partial charge in [-0.05, 0) is 25.2 Å². The molecule has 0 spiro atoms. The van der Waals surface area contributed by atoms with Gasteiger partial charge in [0.25, 0.3) is 0 Å². The van der Waals surface area contributed by atoms with Crippen molar-refractivity contribution in [2.45, 2.75) is 19.3 Å². The lowest BCUT2D eigenvalue weighted by Crippen LogP contribution is -2.14. The SMILES string of the molecule is O=CC1=C2CCC(C2)C1C=O. The van der Waals surface area contributed by atoms with Crippen molar-refractivity contribution in [3.8, 4) is 0 Å². The Morgan fingerprint density at radius 2 is 2.18 bits per heavy atom. The molecule has 1 saturated carbocycles.